The van der Waals surface area contributed by atoms with Crippen LogP contribution in [0.3, 0.4) is 0 Å². The SMILES string of the molecule is CS(=O)(=O)c1ccc2nc(NC(=O)C3CCN(C(=O)c4ccccc4Cl)CC3)sc2c1. The van der Waals surface area contributed by atoms with Gasteiger partial charge < -0.3 is 10.2 Å². The smallest absolute Gasteiger partial charge is 0.255 e. The molecule has 1 N–H and O–H groups in total. The van der Waals surface area contributed by atoms with Crippen molar-refractivity contribution in [3.8, 4) is 0 Å². The Hall–Kier alpha value is -2.49. The Morgan fingerprint density at radius 1 is 1.16 bits per heavy atom. The van der Waals surface area contributed by atoms with Gasteiger partial charge in [-0.3, -0.25) is 9.59 Å². The van der Waals surface area contributed by atoms with Gasteiger partial charge in [0, 0.05) is 25.3 Å². The van der Waals surface area contributed by atoms with Crippen LogP contribution >= 0.6 is 22.9 Å². The van der Waals surface area contributed by atoms with E-state index < -0.39 is 9.84 Å². The number of carbonyl (C=O) groups is 2. The van der Waals surface area contributed by atoms with Crippen LogP contribution in [0.4, 0.5) is 5.13 Å². The largest absolute Gasteiger partial charge is 0.339 e. The van der Waals surface area contributed by atoms with Gasteiger partial charge in [-0.1, -0.05) is 35.1 Å². The zero-order chi connectivity index (χ0) is 22.2. The third kappa shape index (κ3) is 4.73. The number of hydrogen-bond donors (Lipinski definition) is 1. The summed E-state index contributed by atoms with van der Waals surface area (Å²) in [6.45, 7) is 0.944. The summed E-state index contributed by atoms with van der Waals surface area (Å²) >= 11 is 7.36. The molecule has 7 nitrogen and oxygen atoms in total. The number of carbonyl (C=O) groups excluding carboxylic acids is 2. The summed E-state index contributed by atoms with van der Waals surface area (Å²) in [6, 6.07) is 11.6. The van der Waals surface area contributed by atoms with Gasteiger partial charge in [-0.15, -0.1) is 0 Å². The third-order valence-electron chi connectivity index (χ3n) is 5.28. The molecule has 1 aliphatic rings. The lowest BCUT2D eigenvalue weighted by molar-refractivity contribution is -0.121. The number of amides is 2. The maximum Gasteiger partial charge on any atom is 0.255 e. The van der Waals surface area contributed by atoms with Crippen molar-refractivity contribution >= 4 is 59.9 Å². The first-order valence-corrected chi connectivity index (χ1v) is 12.8. The molecule has 2 amide bonds. The predicted molar refractivity (Wildman–Crippen MR) is 121 cm³/mol. The predicted octanol–water partition coefficient (Wildman–Crippen LogP) is 3.84. The average Bonchev–Trinajstić information content (AvgIpc) is 3.14. The van der Waals surface area contributed by atoms with Gasteiger partial charge in [0.15, 0.2) is 15.0 Å². The lowest BCUT2D eigenvalue weighted by atomic mass is 9.95. The maximum atomic E-state index is 12.7. The van der Waals surface area contributed by atoms with E-state index in [1.54, 1.807) is 41.3 Å². The van der Waals surface area contributed by atoms with E-state index in [1.807, 2.05) is 0 Å². The zero-order valence-electron chi connectivity index (χ0n) is 16.7. The van der Waals surface area contributed by atoms with Gasteiger partial charge in [0.05, 0.1) is 25.7 Å². The highest BCUT2D eigenvalue weighted by atomic mass is 35.5. The number of rotatable bonds is 4. The van der Waals surface area contributed by atoms with E-state index >= 15 is 0 Å². The van der Waals surface area contributed by atoms with Crippen molar-refractivity contribution in [2.75, 3.05) is 24.7 Å². The molecular weight excluding hydrogens is 458 g/mol. The van der Waals surface area contributed by atoms with Gasteiger partial charge in [0.25, 0.3) is 5.91 Å². The first-order valence-electron chi connectivity index (χ1n) is 9.68. The number of nitrogens with one attached hydrogen (secondary N) is 1. The number of fused-ring (bicyclic) bond motifs is 1. The topological polar surface area (TPSA) is 96.4 Å². The summed E-state index contributed by atoms with van der Waals surface area (Å²) in [5, 5.41) is 3.69. The first-order chi connectivity index (χ1) is 14.7. The number of piperidine rings is 1. The molecule has 31 heavy (non-hydrogen) atoms. The molecule has 2 aromatic carbocycles. The molecule has 0 saturated carbocycles. The van der Waals surface area contributed by atoms with Crippen LogP contribution in [0.15, 0.2) is 47.4 Å². The fourth-order valence-corrected chi connectivity index (χ4v) is 5.39. The first kappa shape index (κ1) is 21.7. The Bertz CT molecular complexity index is 1260. The molecule has 4 rings (SSSR count). The highest BCUT2D eigenvalue weighted by molar-refractivity contribution is 7.90. The second-order valence-electron chi connectivity index (χ2n) is 7.46. The van der Waals surface area contributed by atoms with Crippen LogP contribution in [-0.4, -0.2) is 49.5 Å². The van der Waals surface area contributed by atoms with Crippen LogP contribution in [0.25, 0.3) is 10.2 Å². The van der Waals surface area contributed by atoms with E-state index in [9.17, 15) is 18.0 Å². The zero-order valence-corrected chi connectivity index (χ0v) is 19.1. The van der Waals surface area contributed by atoms with Gasteiger partial charge >= 0.3 is 0 Å². The van der Waals surface area contributed by atoms with Crippen LogP contribution in [0, 0.1) is 5.92 Å². The van der Waals surface area contributed by atoms with Crippen molar-refractivity contribution in [2.24, 2.45) is 5.92 Å². The van der Waals surface area contributed by atoms with Crippen molar-refractivity contribution in [1.29, 1.82) is 0 Å². The summed E-state index contributed by atoms with van der Waals surface area (Å²) in [5.74, 6) is -0.501. The number of nitrogens with zero attached hydrogens (tertiary/aromatic N) is 2. The molecule has 0 spiro atoms. The monoisotopic (exact) mass is 477 g/mol. The molecule has 1 saturated heterocycles. The molecule has 0 atom stereocenters. The Labute approximate surface area is 189 Å². The highest BCUT2D eigenvalue weighted by Gasteiger charge is 2.29. The average molecular weight is 478 g/mol. The number of halogens is 1. The summed E-state index contributed by atoms with van der Waals surface area (Å²) in [5.41, 5.74) is 1.10. The number of benzene rings is 2. The molecule has 1 aliphatic heterocycles. The van der Waals surface area contributed by atoms with Crippen molar-refractivity contribution in [2.45, 2.75) is 17.7 Å². The number of likely N-dealkylation sites (tertiary alicyclic amines) is 1. The number of hydrogen-bond acceptors (Lipinski definition) is 6. The molecule has 3 aromatic rings. The number of aromatic nitrogens is 1. The van der Waals surface area contributed by atoms with Crippen LogP contribution in [-0.2, 0) is 14.6 Å². The quantitative estimate of drug-likeness (QED) is 0.615. The van der Waals surface area contributed by atoms with Gasteiger partial charge in [-0.2, -0.15) is 0 Å². The molecule has 0 radical (unpaired) electrons. The lowest BCUT2D eigenvalue weighted by Crippen LogP contribution is -2.41. The van der Waals surface area contributed by atoms with Gasteiger partial charge in [-0.05, 0) is 43.2 Å². The molecule has 1 fully saturated rings. The Morgan fingerprint density at radius 2 is 1.87 bits per heavy atom. The molecule has 1 aromatic heterocycles. The molecule has 2 heterocycles. The van der Waals surface area contributed by atoms with Crippen LogP contribution in [0.2, 0.25) is 5.02 Å². The van der Waals surface area contributed by atoms with Crippen molar-refractivity contribution in [3.63, 3.8) is 0 Å². The minimum atomic E-state index is -3.31. The normalized spacial score (nSPS) is 15.2. The Kier molecular flexibility index (Phi) is 6.00. The minimum absolute atomic E-state index is 0.127. The molecule has 0 aliphatic carbocycles. The Morgan fingerprint density at radius 3 is 2.55 bits per heavy atom. The number of sulfone groups is 1. The van der Waals surface area contributed by atoms with Gasteiger partial charge in [0.2, 0.25) is 5.91 Å². The van der Waals surface area contributed by atoms with E-state index in [1.165, 1.54) is 17.4 Å². The van der Waals surface area contributed by atoms with Gasteiger partial charge in [-0.25, -0.2) is 13.4 Å². The van der Waals surface area contributed by atoms with E-state index in [4.69, 9.17) is 11.6 Å². The van der Waals surface area contributed by atoms with Crippen LogP contribution < -0.4 is 5.32 Å². The second kappa shape index (κ2) is 8.57. The molecular formula is C21H20ClN3O4S2. The van der Waals surface area contributed by atoms with Crippen LogP contribution in [0.1, 0.15) is 23.2 Å². The Balaban J connectivity index is 1.39. The van der Waals surface area contributed by atoms with E-state index in [-0.39, 0.29) is 22.6 Å². The van der Waals surface area contributed by atoms with Crippen molar-refractivity contribution < 1.29 is 18.0 Å². The summed E-state index contributed by atoms with van der Waals surface area (Å²) < 4.78 is 24.2. The van der Waals surface area contributed by atoms with E-state index in [2.05, 4.69) is 10.3 Å². The fourth-order valence-electron chi connectivity index (χ4n) is 3.55. The minimum Gasteiger partial charge on any atom is -0.339 e. The van der Waals surface area contributed by atoms with E-state index in [0.29, 0.717) is 51.9 Å². The highest BCUT2D eigenvalue weighted by Crippen LogP contribution is 2.29. The molecule has 0 unspecified atom stereocenters. The standard InChI is InChI=1S/C21H20ClN3O4S2/c1-31(28,29)14-6-7-17-18(12-14)30-21(23-17)24-19(26)13-8-10-25(11-9-13)20(27)15-4-2-3-5-16(15)22/h2-7,12-13H,8-11H2,1H3,(H,23,24,26). The summed E-state index contributed by atoms with van der Waals surface area (Å²) in [4.78, 5) is 31.7. The van der Waals surface area contributed by atoms with Crippen LogP contribution in [0.5, 0.6) is 0 Å². The maximum absolute atomic E-state index is 12.7. The van der Waals surface area contributed by atoms with Gasteiger partial charge in [0.1, 0.15) is 0 Å². The molecule has 10 heteroatoms. The molecule has 0 bridgehead atoms. The van der Waals surface area contributed by atoms with E-state index in [0.717, 1.165) is 6.26 Å². The molecule has 162 valence electrons. The van der Waals surface area contributed by atoms with Crippen molar-refractivity contribution in [3.05, 3.63) is 53.1 Å². The summed E-state index contributed by atoms with van der Waals surface area (Å²) in [6.07, 6.45) is 2.25. The third-order valence-corrected chi connectivity index (χ3v) is 7.65. The summed E-state index contributed by atoms with van der Waals surface area (Å²) in [7, 11) is -3.31. The number of anilines is 1. The number of thiazole rings is 1. The second-order valence-corrected chi connectivity index (χ2v) is 10.9. The fraction of sp³-hybridized carbons (Fsp3) is 0.286. The lowest BCUT2D eigenvalue weighted by Gasteiger charge is -2.31. The van der Waals surface area contributed by atoms with Crippen molar-refractivity contribution in [1.82, 2.24) is 9.88 Å².